The summed E-state index contributed by atoms with van der Waals surface area (Å²) in [5.41, 5.74) is 7.79. The lowest BCUT2D eigenvalue weighted by molar-refractivity contribution is -0.117. The minimum atomic E-state index is -0.318. The van der Waals surface area contributed by atoms with Crippen LogP contribution in [0.4, 0.5) is 11.5 Å². The van der Waals surface area contributed by atoms with Gasteiger partial charge in [0.05, 0.1) is 17.1 Å². The lowest BCUT2D eigenvalue weighted by Crippen LogP contribution is -2.21. The first-order chi connectivity index (χ1) is 9.36. The Morgan fingerprint density at radius 3 is 2.65 bits per heavy atom. The predicted molar refractivity (Wildman–Crippen MR) is 76.8 cm³/mol. The molecule has 7 nitrogen and oxygen atoms in total. The van der Waals surface area contributed by atoms with Crippen LogP contribution in [0.2, 0.25) is 10.4 Å². The SMILES string of the molecule is Cc1nn(CC(=O)Nc2cc(Cl)nc(Cl)n2)c(C)c1N. The van der Waals surface area contributed by atoms with Crippen molar-refractivity contribution in [2.75, 3.05) is 11.1 Å². The number of nitrogen functional groups attached to an aromatic ring is 1. The number of hydrogen-bond acceptors (Lipinski definition) is 5. The molecule has 0 bridgehead atoms. The first-order valence-corrected chi connectivity index (χ1v) is 6.42. The Morgan fingerprint density at radius 1 is 1.40 bits per heavy atom. The molecule has 106 valence electrons. The molecule has 0 saturated heterocycles. The highest BCUT2D eigenvalue weighted by atomic mass is 35.5. The van der Waals surface area contributed by atoms with Gasteiger partial charge >= 0.3 is 0 Å². The van der Waals surface area contributed by atoms with Crippen LogP contribution in [-0.4, -0.2) is 25.7 Å². The van der Waals surface area contributed by atoms with E-state index in [1.54, 1.807) is 13.8 Å². The van der Waals surface area contributed by atoms with Crippen LogP contribution in [0.25, 0.3) is 0 Å². The first kappa shape index (κ1) is 14.5. The number of rotatable bonds is 3. The summed E-state index contributed by atoms with van der Waals surface area (Å²) in [6.45, 7) is 3.59. The molecule has 0 spiro atoms. The lowest BCUT2D eigenvalue weighted by Gasteiger charge is -2.06. The second-order valence-electron chi connectivity index (χ2n) is 4.14. The summed E-state index contributed by atoms with van der Waals surface area (Å²) in [6.07, 6.45) is 0. The van der Waals surface area contributed by atoms with Gasteiger partial charge in [-0.05, 0) is 25.4 Å². The van der Waals surface area contributed by atoms with Crippen molar-refractivity contribution in [3.63, 3.8) is 0 Å². The zero-order valence-electron chi connectivity index (χ0n) is 10.8. The highest BCUT2D eigenvalue weighted by molar-refractivity contribution is 6.32. The Morgan fingerprint density at radius 2 is 2.10 bits per heavy atom. The van der Waals surface area contributed by atoms with E-state index in [-0.39, 0.29) is 28.7 Å². The van der Waals surface area contributed by atoms with E-state index < -0.39 is 0 Å². The third-order valence-electron chi connectivity index (χ3n) is 2.67. The molecule has 0 unspecified atom stereocenters. The van der Waals surface area contributed by atoms with E-state index >= 15 is 0 Å². The van der Waals surface area contributed by atoms with Crippen molar-refractivity contribution in [1.29, 1.82) is 0 Å². The van der Waals surface area contributed by atoms with E-state index in [4.69, 9.17) is 28.9 Å². The van der Waals surface area contributed by atoms with Crippen LogP contribution in [0.3, 0.4) is 0 Å². The highest BCUT2D eigenvalue weighted by Crippen LogP contribution is 2.16. The van der Waals surface area contributed by atoms with E-state index in [0.717, 1.165) is 5.69 Å². The summed E-state index contributed by atoms with van der Waals surface area (Å²) in [5.74, 6) is -0.0871. The van der Waals surface area contributed by atoms with Gasteiger partial charge in [0, 0.05) is 6.07 Å². The van der Waals surface area contributed by atoms with Crippen LogP contribution in [0.5, 0.6) is 0 Å². The maximum atomic E-state index is 11.9. The van der Waals surface area contributed by atoms with Crippen LogP contribution in [0.1, 0.15) is 11.4 Å². The van der Waals surface area contributed by atoms with Crippen LogP contribution in [0, 0.1) is 13.8 Å². The Labute approximate surface area is 125 Å². The van der Waals surface area contributed by atoms with Gasteiger partial charge in [0.1, 0.15) is 17.5 Å². The van der Waals surface area contributed by atoms with E-state index in [9.17, 15) is 4.79 Å². The molecule has 0 saturated carbocycles. The Balaban J connectivity index is 2.11. The number of hydrogen-bond donors (Lipinski definition) is 2. The average Bonchev–Trinajstić information content (AvgIpc) is 2.55. The van der Waals surface area contributed by atoms with E-state index in [1.807, 2.05) is 0 Å². The number of halogens is 2. The van der Waals surface area contributed by atoms with E-state index in [0.29, 0.717) is 11.4 Å². The number of nitrogens with one attached hydrogen (secondary N) is 1. The summed E-state index contributed by atoms with van der Waals surface area (Å²) >= 11 is 11.4. The summed E-state index contributed by atoms with van der Waals surface area (Å²) in [5, 5.41) is 6.85. The molecule has 0 radical (unpaired) electrons. The monoisotopic (exact) mass is 314 g/mol. The number of carbonyl (C=O) groups is 1. The molecule has 0 aromatic carbocycles. The van der Waals surface area contributed by atoms with E-state index in [2.05, 4.69) is 20.4 Å². The molecule has 9 heteroatoms. The van der Waals surface area contributed by atoms with Gasteiger partial charge in [-0.3, -0.25) is 9.48 Å². The molecule has 3 N–H and O–H groups in total. The van der Waals surface area contributed by atoms with Crippen LogP contribution >= 0.6 is 23.2 Å². The summed E-state index contributed by atoms with van der Waals surface area (Å²) < 4.78 is 1.52. The molecule has 0 aliphatic rings. The van der Waals surface area contributed by atoms with Crippen molar-refractivity contribution in [3.05, 3.63) is 27.9 Å². The molecule has 2 rings (SSSR count). The fraction of sp³-hybridized carbons (Fsp3) is 0.273. The summed E-state index contributed by atoms with van der Waals surface area (Å²) in [4.78, 5) is 19.5. The quantitative estimate of drug-likeness (QED) is 0.665. The summed E-state index contributed by atoms with van der Waals surface area (Å²) in [7, 11) is 0. The third-order valence-corrected chi connectivity index (χ3v) is 3.03. The lowest BCUT2D eigenvalue weighted by atomic mass is 10.3. The largest absolute Gasteiger partial charge is 0.396 e. The molecular weight excluding hydrogens is 303 g/mol. The van der Waals surface area contributed by atoms with Gasteiger partial charge in [-0.15, -0.1) is 0 Å². The molecule has 2 aromatic rings. The molecule has 20 heavy (non-hydrogen) atoms. The van der Waals surface area contributed by atoms with Crippen molar-refractivity contribution >= 4 is 40.6 Å². The molecule has 1 amide bonds. The van der Waals surface area contributed by atoms with Gasteiger partial charge in [-0.1, -0.05) is 11.6 Å². The van der Waals surface area contributed by atoms with Gasteiger partial charge < -0.3 is 11.1 Å². The second-order valence-corrected chi connectivity index (χ2v) is 4.86. The maximum Gasteiger partial charge on any atom is 0.247 e. The molecular formula is C11H12Cl2N6O. The second kappa shape index (κ2) is 5.64. The standard InChI is InChI=1S/C11H12Cl2N6O/c1-5-10(14)6(2)19(18-5)4-9(20)16-8-3-7(12)15-11(13)17-8/h3H,4,14H2,1-2H3,(H,15,16,17,20). The minimum absolute atomic E-state index is 0.0170. The fourth-order valence-electron chi connectivity index (χ4n) is 1.64. The van der Waals surface area contributed by atoms with Crippen LogP contribution in [0.15, 0.2) is 6.07 Å². The molecule has 0 aliphatic heterocycles. The number of carbonyl (C=O) groups excluding carboxylic acids is 1. The number of nitrogens with zero attached hydrogens (tertiary/aromatic N) is 4. The zero-order chi connectivity index (χ0) is 14.9. The van der Waals surface area contributed by atoms with E-state index in [1.165, 1.54) is 10.7 Å². The van der Waals surface area contributed by atoms with Gasteiger partial charge in [0.2, 0.25) is 11.2 Å². The minimum Gasteiger partial charge on any atom is -0.396 e. The van der Waals surface area contributed by atoms with Gasteiger partial charge in [0.25, 0.3) is 0 Å². The molecule has 0 aliphatic carbocycles. The Kier molecular flexibility index (Phi) is 4.10. The average molecular weight is 315 g/mol. The van der Waals surface area contributed by atoms with Crippen LogP contribution < -0.4 is 11.1 Å². The molecule has 2 heterocycles. The Hall–Kier alpha value is -1.86. The maximum absolute atomic E-state index is 11.9. The Bertz CT molecular complexity index is 649. The summed E-state index contributed by atoms with van der Waals surface area (Å²) in [6, 6.07) is 1.40. The highest BCUT2D eigenvalue weighted by Gasteiger charge is 2.12. The number of aromatic nitrogens is 4. The van der Waals surface area contributed by atoms with Crippen molar-refractivity contribution < 1.29 is 4.79 Å². The number of aryl methyl sites for hydroxylation is 1. The normalized spacial score (nSPS) is 10.6. The zero-order valence-corrected chi connectivity index (χ0v) is 12.3. The number of amides is 1. The topological polar surface area (TPSA) is 98.7 Å². The van der Waals surface area contributed by atoms with Crippen molar-refractivity contribution in [3.8, 4) is 0 Å². The van der Waals surface area contributed by atoms with Crippen LogP contribution in [-0.2, 0) is 11.3 Å². The molecule has 0 fully saturated rings. The van der Waals surface area contributed by atoms with Crippen molar-refractivity contribution in [1.82, 2.24) is 19.7 Å². The number of nitrogens with two attached hydrogens (primary N) is 1. The molecule has 2 aromatic heterocycles. The van der Waals surface area contributed by atoms with Gasteiger partial charge in [-0.2, -0.15) is 5.10 Å². The fourth-order valence-corrected chi connectivity index (χ4v) is 2.05. The van der Waals surface area contributed by atoms with Gasteiger partial charge in [0.15, 0.2) is 0 Å². The third kappa shape index (κ3) is 3.17. The first-order valence-electron chi connectivity index (χ1n) is 5.66. The smallest absolute Gasteiger partial charge is 0.247 e. The van der Waals surface area contributed by atoms with Crippen molar-refractivity contribution in [2.45, 2.75) is 20.4 Å². The number of anilines is 2. The molecule has 0 atom stereocenters. The van der Waals surface area contributed by atoms with Crippen molar-refractivity contribution in [2.24, 2.45) is 0 Å². The van der Waals surface area contributed by atoms with Gasteiger partial charge in [-0.25, -0.2) is 9.97 Å². The predicted octanol–water partition coefficient (Wildman–Crippen LogP) is 1.82.